The van der Waals surface area contributed by atoms with Gasteiger partial charge in [-0.05, 0) is 72.9 Å². The molecule has 35 heavy (non-hydrogen) atoms. The molecule has 192 valence electrons. The zero-order chi connectivity index (χ0) is 24.6. The lowest BCUT2D eigenvalue weighted by Crippen LogP contribution is -1.84. The van der Waals surface area contributed by atoms with E-state index in [9.17, 15) is 0 Å². The van der Waals surface area contributed by atoms with Crippen molar-refractivity contribution in [2.45, 2.75) is 110 Å². The van der Waals surface area contributed by atoms with E-state index in [-0.39, 0.29) is 0 Å². The second kappa shape index (κ2) is 17.7. The lowest BCUT2D eigenvalue weighted by atomic mass is 10.1. The molecule has 3 heterocycles. The third kappa shape index (κ3) is 11.1. The molecular weight excluding hydrogens is 577 g/mol. The molecule has 0 bridgehead atoms. The molecule has 0 aliphatic carbocycles. The Labute approximate surface area is 236 Å². The number of hydrogen-bond acceptors (Lipinski definition) is 3. The molecule has 0 saturated carbocycles. The van der Waals surface area contributed by atoms with Gasteiger partial charge in [0.25, 0.3) is 0 Å². The summed E-state index contributed by atoms with van der Waals surface area (Å²) in [5.41, 5.74) is 2.36. The Morgan fingerprint density at radius 2 is 1.14 bits per heavy atom. The third-order valence-corrected chi connectivity index (χ3v) is 9.83. The van der Waals surface area contributed by atoms with Crippen LogP contribution in [0, 0.1) is 0 Å². The van der Waals surface area contributed by atoms with Gasteiger partial charge in [-0.1, -0.05) is 100 Å². The van der Waals surface area contributed by atoms with E-state index in [1.165, 1.54) is 132 Å². The number of aryl methyl sites for hydroxylation is 2. The lowest BCUT2D eigenvalue weighted by molar-refractivity contribution is 0.578. The van der Waals surface area contributed by atoms with E-state index >= 15 is 0 Å². The van der Waals surface area contributed by atoms with Gasteiger partial charge in [0.15, 0.2) is 0 Å². The molecule has 1 nitrogen and oxygen atoms in total. The molecule has 0 saturated heterocycles. The van der Waals surface area contributed by atoms with Gasteiger partial charge in [0.1, 0.15) is 0 Å². The summed E-state index contributed by atoms with van der Waals surface area (Å²) in [4.78, 5) is 10.5. The molecule has 0 unspecified atom stereocenters. The van der Waals surface area contributed by atoms with E-state index in [0.717, 1.165) is 5.69 Å². The maximum absolute atomic E-state index is 4.82. The molecule has 0 fully saturated rings. The number of pyridine rings is 1. The first kappa shape index (κ1) is 28.8. The van der Waals surface area contributed by atoms with Crippen LogP contribution in [0.3, 0.4) is 0 Å². The van der Waals surface area contributed by atoms with Crippen molar-refractivity contribution in [2.24, 2.45) is 0 Å². The fourth-order valence-corrected chi connectivity index (χ4v) is 7.14. The standard InChI is InChI=1S/C31H44INS2/c1-2-3-4-5-10-13-17-28-20-23-31(35-28)29-21-18-26(25-33-29)30-22-19-27(34-30)16-14-11-8-6-7-9-12-15-24-32/h18-23,25H,2-17,24H2,1H3. The Balaban J connectivity index is 1.37. The van der Waals surface area contributed by atoms with Crippen molar-refractivity contribution in [3.8, 4) is 21.0 Å². The summed E-state index contributed by atoms with van der Waals surface area (Å²) in [7, 11) is 0. The van der Waals surface area contributed by atoms with Crippen LogP contribution in [-0.2, 0) is 12.8 Å². The van der Waals surface area contributed by atoms with Crippen LogP contribution >= 0.6 is 45.3 Å². The molecule has 3 rings (SSSR count). The van der Waals surface area contributed by atoms with Gasteiger partial charge in [0.2, 0.25) is 0 Å². The van der Waals surface area contributed by atoms with Gasteiger partial charge in [0, 0.05) is 26.4 Å². The number of hydrogen-bond donors (Lipinski definition) is 0. The predicted octanol–water partition coefficient (Wildman–Crippen LogP) is 11.5. The molecule has 0 radical (unpaired) electrons. The summed E-state index contributed by atoms with van der Waals surface area (Å²) in [6.45, 7) is 2.28. The number of halogens is 1. The van der Waals surface area contributed by atoms with Crippen molar-refractivity contribution in [1.82, 2.24) is 4.98 Å². The van der Waals surface area contributed by atoms with E-state index in [1.807, 2.05) is 22.7 Å². The highest BCUT2D eigenvalue weighted by Gasteiger charge is 2.07. The van der Waals surface area contributed by atoms with Gasteiger partial charge in [-0.2, -0.15) is 0 Å². The Kier molecular flexibility index (Phi) is 14.6. The highest BCUT2D eigenvalue weighted by molar-refractivity contribution is 14.1. The molecule has 0 N–H and O–H groups in total. The van der Waals surface area contributed by atoms with E-state index in [1.54, 1.807) is 0 Å². The summed E-state index contributed by atoms with van der Waals surface area (Å²) in [6, 6.07) is 13.6. The van der Waals surface area contributed by atoms with Gasteiger partial charge in [-0.25, -0.2) is 0 Å². The highest BCUT2D eigenvalue weighted by Crippen LogP contribution is 2.32. The van der Waals surface area contributed by atoms with E-state index in [4.69, 9.17) is 4.98 Å². The summed E-state index contributed by atoms with van der Waals surface area (Å²) in [5.74, 6) is 0. The summed E-state index contributed by atoms with van der Waals surface area (Å²) >= 11 is 6.35. The van der Waals surface area contributed by atoms with Crippen molar-refractivity contribution in [3.63, 3.8) is 0 Å². The number of thiophene rings is 2. The molecule has 0 aliphatic heterocycles. The fourth-order valence-electron chi connectivity index (χ4n) is 4.54. The van der Waals surface area contributed by atoms with Crippen LogP contribution < -0.4 is 0 Å². The molecule has 0 aromatic carbocycles. The molecule has 0 spiro atoms. The smallest absolute Gasteiger partial charge is 0.0802 e. The second-order valence-electron chi connectivity index (χ2n) is 9.75. The zero-order valence-electron chi connectivity index (χ0n) is 21.7. The van der Waals surface area contributed by atoms with Crippen LogP contribution in [0.2, 0.25) is 0 Å². The molecule has 0 amide bonds. The maximum Gasteiger partial charge on any atom is 0.0802 e. The van der Waals surface area contributed by atoms with Gasteiger partial charge in [0.05, 0.1) is 10.6 Å². The van der Waals surface area contributed by atoms with Crippen LogP contribution in [0.15, 0.2) is 42.6 Å². The lowest BCUT2D eigenvalue weighted by Gasteiger charge is -2.02. The third-order valence-electron chi connectivity index (χ3n) is 6.71. The van der Waals surface area contributed by atoms with Gasteiger partial charge >= 0.3 is 0 Å². The Bertz CT molecular complexity index is 928. The highest BCUT2D eigenvalue weighted by atomic mass is 127. The molecule has 0 atom stereocenters. The topological polar surface area (TPSA) is 12.9 Å². The largest absolute Gasteiger partial charge is 0.255 e. The Hall–Kier alpha value is -0.720. The normalized spacial score (nSPS) is 11.4. The van der Waals surface area contributed by atoms with Crippen LogP contribution in [0.5, 0.6) is 0 Å². The summed E-state index contributed by atoms with van der Waals surface area (Å²) in [6.07, 6.45) is 23.9. The number of rotatable bonds is 19. The van der Waals surface area contributed by atoms with Crippen LogP contribution in [0.4, 0.5) is 0 Å². The van der Waals surface area contributed by atoms with Crippen molar-refractivity contribution >= 4 is 45.3 Å². The van der Waals surface area contributed by atoms with E-state index in [0.29, 0.717) is 0 Å². The van der Waals surface area contributed by atoms with Gasteiger partial charge < -0.3 is 0 Å². The van der Waals surface area contributed by atoms with E-state index in [2.05, 4.69) is 72.1 Å². The van der Waals surface area contributed by atoms with E-state index < -0.39 is 0 Å². The number of alkyl halides is 1. The van der Waals surface area contributed by atoms with Crippen LogP contribution in [0.25, 0.3) is 21.0 Å². The van der Waals surface area contributed by atoms with Gasteiger partial charge in [-0.3, -0.25) is 4.98 Å². The quantitative estimate of drug-likeness (QED) is 0.0737. The molecule has 3 aromatic heterocycles. The predicted molar refractivity (Wildman–Crippen MR) is 167 cm³/mol. The Morgan fingerprint density at radius 3 is 1.71 bits per heavy atom. The average Bonchev–Trinajstić information content (AvgIpc) is 3.55. The number of nitrogens with zero attached hydrogens (tertiary/aromatic N) is 1. The van der Waals surface area contributed by atoms with Crippen molar-refractivity contribution < 1.29 is 0 Å². The molecule has 3 aromatic rings. The van der Waals surface area contributed by atoms with Crippen molar-refractivity contribution in [3.05, 3.63) is 52.3 Å². The fraction of sp³-hybridized carbons (Fsp3) is 0.581. The first-order valence-electron chi connectivity index (χ1n) is 14.0. The zero-order valence-corrected chi connectivity index (χ0v) is 25.5. The Morgan fingerprint density at radius 1 is 0.600 bits per heavy atom. The number of unbranched alkanes of at least 4 members (excludes halogenated alkanes) is 12. The first-order chi connectivity index (χ1) is 17.3. The summed E-state index contributed by atoms with van der Waals surface area (Å²) in [5, 5.41) is 0. The number of aromatic nitrogens is 1. The second-order valence-corrected chi connectivity index (χ2v) is 13.2. The minimum Gasteiger partial charge on any atom is -0.255 e. The molecule has 0 aliphatic rings. The minimum absolute atomic E-state index is 1.11. The monoisotopic (exact) mass is 621 g/mol. The van der Waals surface area contributed by atoms with Crippen molar-refractivity contribution in [2.75, 3.05) is 4.43 Å². The first-order valence-corrected chi connectivity index (χ1v) is 17.2. The molecule has 4 heteroatoms. The van der Waals surface area contributed by atoms with Crippen molar-refractivity contribution in [1.29, 1.82) is 0 Å². The molecular formula is C31H44INS2. The average molecular weight is 622 g/mol. The van der Waals surface area contributed by atoms with Crippen LogP contribution in [-0.4, -0.2) is 9.41 Å². The van der Waals surface area contributed by atoms with Crippen LogP contribution in [0.1, 0.15) is 107 Å². The maximum atomic E-state index is 4.82. The minimum atomic E-state index is 1.11. The van der Waals surface area contributed by atoms with Gasteiger partial charge in [-0.15, -0.1) is 22.7 Å². The SMILES string of the molecule is CCCCCCCCc1ccc(-c2ccc(-c3ccc(CCCCCCCCCCI)s3)cn2)s1. The summed E-state index contributed by atoms with van der Waals surface area (Å²) < 4.78 is 1.32.